The molecule has 1 fully saturated rings. The molecule has 0 unspecified atom stereocenters. The van der Waals surface area contributed by atoms with E-state index in [1.165, 1.54) is 14.2 Å². The highest BCUT2D eigenvalue weighted by molar-refractivity contribution is 7.99. The van der Waals surface area contributed by atoms with Crippen molar-refractivity contribution in [2.75, 3.05) is 34.2 Å². The number of carbonyl (C=O) groups excluding carboxylic acids is 2. The minimum absolute atomic E-state index is 0.197. The molecule has 1 N–H and O–H groups in total. The van der Waals surface area contributed by atoms with Crippen LogP contribution in [0.15, 0.2) is 30.3 Å². The normalized spacial score (nSPS) is 19.0. The largest absolute Gasteiger partial charge is 0.493 e. The summed E-state index contributed by atoms with van der Waals surface area (Å²) in [5.41, 5.74) is 2.19. The molecule has 0 saturated carbocycles. The van der Waals surface area contributed by atoms with Gasteiger partial charge in [0.15, 0.2) is 23.0 Å². The molecule has 2 aliphatic rings. The average Bonchev–Trinajstić information content (AvgIpc) is 3.36. The van der Waals surface area contributed by atoms with Gasteiger partial charge in [0.05, 0.1) is 34.0 Å². The van der Waals surface area contributed by atoms with Crippen molar-refractivity contribution in [1.82, 2.24) is 10.2 Å². The Balaban J connectivity index is 1.51. The van der Waals surface area contributed by atoms with Gasteiger partial charge >= 0.3 is 0 Å². The SMILES string of the molecule is COc1ccc(CNC(=O)[C@H]2CS[C@@H]3c4ccc(OC)c(OC)c4C(=O)N23)cc1OC. The third-order valence-electron chi connectivity index (χ3n) is 5.51. The van der Waals surface area contributed by atoms with Crippen molar-refractivity contribution in [1.29, 1.82) is 0 Å². The van der Waals surface area contributed by atoms with Gasteiger partial charge in [0.1, 0.15) is 11.4 Å². The van der Waals surface area contributed by atoms with E-state index < -0.39 is 6.04 Å². The van der Waals surface area contributed by atoms with E-state index in [2.05, 4.69) is 5.32 Å². The van der Waals surface area contributed by atoms with E-state index in [0.29, 0.717) is 40.9 Å². The van der Waals surface area contributed by atoms with E-state index in [-0.39, 0.29) is 17.2 Å². The van der Waals surface area contributed by atoms with Gasteiger partial charge in [-0.3, -0.25) is 9.59 Å². The summed E-state index contributed by atoms with van der Waals surface area (Å²) >= 11 is 1.57. The molecule has 0 aromatic heterocycles. The first-order valence-corrected chi connectivity index (χ1v) is 10.8. The lowest BCUT2D eigenvalue weighted by molar-refractivity contribution is -0.124. The van der Waals surface area contributed by atoms with Gasteiger partial charge in [-0.05, 0) is 23.8 Å². The van der Waals surface area contributed by atoms with Gasteiger partial charge in [-0.2, -0.15) is 0 Å². The van der Waals surface area contributed by atoms with E-state index in [9.17, 15) is 9.59 Å². The van der Waals surface area contributed by atoms with Gasteiger partial charge in [0, 0.05) is 17.9 Å². The number of carbonyl (C=O) groups is 2. The van der Waals surface area contributed by atoms with Crippen LogP contribution in [0, 0.1) is 0 Å². The first-order valence-electron chi connectivity index (χ1n) is 9.71. The second kappa shape index (κ2) is 8.58. The summed E-state index contributed by atoms with van der Waals surface area (Å²) in [6.07, 6.45) is 0. The Morgan fingerprint density at radius 2 is 1.74 bits per heavy atom. The zero-order valence-corrected chi connectivity index (χ0v) is 18.6. The number of hydrogen-bond donors (Lipinski definition) is 1. The Morgan fingerprint density at radius 3 is 2.42 bits per heavy atom. The molecule has 8 nitrogen and oxygen atoms in total. The van der Waals surface area contributed by atoms with Crippen LogP contribution in [-0.2, 0) is 11.3 Å². The summed E-state index contributed by atoms with van der Waals surface area (Å²) in [4.78, 5) is 27.9. The van der Waals surface area contributed by atoms with Crippen molar-refractivity contribution in [3.05, 3.63) is 47.0 Å². The fraction of sp³-hybridized carbons (Fsp3) is 0.364. The third kappa shape index (κ3) is 3.52. The number of methoxy groups -OCH3 is 4. The first-order chi connectivity index (χ1) is 15.0. The van der Waals surface area contributed by atoms with Gasteiger partial charge in [-0.15, -0.1) is 11.8 Å². The van der Waals surface area contributed by atoms with Gasteiger partial charge in [0.25, 0.3) is 5.91 Å². The van der Waals surface area contributed by atoms with Crippen LogP contribution >= 0.6 is 11.8 Å². The van der Waals surface area contributed by atoms with Crippen LogP contribution in [0.1, 0.15) is 26.9 Å². The fourth-order valence-corrected chi connectivity index (χ4v) is 5.45. The molecular weight excluding hydrogens is 420 g/mol. The number of rotatable bonds is 7. The maximum absolute atomic E-state index is 13.2. The molecule has 2 heterocycles. The molecule has 9 heteroatoms. The lowest BCUT2D eigenvalue weighted by atomic mass is 10.1. The molecule has 1 saturated heterocycles. The Hall–Kier alpha value is -3.07. The second-order valence-corrected chi connectivity index (χ2v) is 8.20. The van der Waals surface area contributed by atoms with E-state index in [1.54, 1.807) is 43.0 Å². The van der Waals surface area contributed by atoms with Crippen LogP contribution in [0.2, 0.25) is 0 Å². The number of benzene rings is 2. The smallest absolute Gasteiger partial charge is 0.260 e. The van der Waals surface area contributed by atoms with E-state index in [1.807, 2.05) is 18.2 Å². The van der Waals surface area contributed by atoms with Gasteiger partial charge in [-0.1, -0.05) is 12.1 Å². The van der Waals surface area contributed by atoms with Crippen molar-refractivity contribution < 1.29 is 28.5 Å². The van der Waals surface area contributed by atoms with Gasteiger partial charge < -0.3 is 29.2 Å². The third-order valence-corrected chi connectivity index (χ3v) is 6.81. The standard InChI is InChI=1S/C22H24N2O6S/c1-27-15-7-5-12(9-17(15)29-3)10-23-20(25)14-11-31-22-13-6-8-16(28-2)19(30-4)18(13)21(26)24(14)22/h5-9,14,22H,10-11H2,1-4H3,(H,23,25)/t14-,22-/m1/s1. The van der Waals surface area contributed by atoms with E-state index in [4.69, 9.17) is 18.9 Å². The van der Waals surface area contributed by atoms with Crippen molar-refractivity contribution in [2.45, 2.75) is 18.0 Å². The zero-order valence-electron chi connectivity index (χ0n) is 17.8. The van der Waals surface area contributed by atoms with Crippen molar-refractivity contribution in [2.24, 2.45) is 0 Å². The molecular formula is C22H24N2O6S. The monoisotopic (exact) mass is 444 g/mol. The Bertz CT molecular complexity index is 1030. The molecule has 2 atom stereocenters. The number of fused-ring (bicyclic) bond motifs is 3. The Morgan fingerprint density at radius 1 is 1.03 bits per heavy atom. The maximum atomic E-state index is 13.2. The Kier molecular flexibility index (Phi) is 5.86. The van der Waals surface area contributed by atoms with E-state index in [0.717, 1.165) is 11.1 Å². The van der Waals surface area contributed by atoms with Gasteiger partial charge in [-0.25, -0.2) is 0 Å². The summed E-state index contributed by atoms with van der Waals surface area (Å²) in [5.74, 6) is 2.24. The summed E-state index contributed by atoms with van der Waals surface area (Å²) in [6.45, 7) is 0.317. The van der Waals surface area contributed by atoms with Crippen LogP contribution in [0.5, 0.6) is 23.0 Å². The first kappa shape index (κ1) is 21.2. The predicted octanol–water partition coefficient (Wildman–Crippen LogP) is 2.61. The topological polar surface area (TPSA) is 86.3 Å². The van der Waals surface area contributed by atoms with Crippen LogP contribution in [0.4, 0.5) is 0 Å². The fourth-order valence-electron chi connectivity index (χ4n) is 3.99. The molecule has 2 aromatic carbocycles. The number of nitrogens with zero attached hydrogens (tertiary/aromatic N) is 1. The quantitative estimate of drug-likeness (QED) is 0.703. The van der Waals surface area contributed by atoms with Crippen molar-refractivity contribution >= 4 is 23.6 Å². The van der Waals surface area contributed by atoms with Crippen LogP contribution < -0.4 is 24.3 Å². The number of amides is 2. The molecule has 31 heavy (non-hydrogen) atoms. The van der Waals surface area contributed by atoms with Gasteiger partial charge in [0.2, 0.25) is 5.91 Å². The zero-order chi connectivity index (χ0) is 22.1. The predicted molar refractivity (Wildman–Crippen MR) is 116 cm³/mol. The number of hydrogen-bond acceptors (Lipinski definition) is 7. The molecule has 164 valence electrons. The van der Waals surface area contributed by atoms with E-state index >= 15 is 0 Å². The highest BCUT2D eigenvalue weighted by Gasteiger charge is 2.50. The molecule has 2 amide bonds. The highest BCUT2D eigenvalue weighted by Crippen LogP contribution is 2.52. The molecule has 0 spiro atoms. The molecule has 2 aliphatic heterocycles. The number of nitrogens with one attached hydrogen (secondary N) is 1. The summed E-state index contributed by atoms with van der Waals surface area (Å²) in [5, 5.41) is 2.73. The van der Waals surface area contributed by atoms with Crippen molar-refractivity contribution in [3.8, 4) is 23.0 Å². The van der Waals surface area contributed by atoms with Crippen LogP contribution in [0.3, 0.4) is 0 Å². The van der Waals surface area contributed by atoms with Crippen molar-refractivity contribution in [3.63, 3.8) is 0 Å². The number of ether oxygens (including phenoxy) is 4. The lowest BCUT2D eigenvalue weighted by Crippen LogP contribution is -2.45. The minimum atomic E-state index is -0.564. The van der Waals surface area contributed by atoms with Crippen LogP contribution in [-0.4, -0.2) is 56.9 Å². The van der Waals surface area contributed by atoms with Crippen LogP contribution in [0.25, 0.3) is 0 Å². The summed E-state index contributed by atoms with van der Waals surface area (Å²) < 4.78 is 21.3. The molecule has 2 aromatic rings. The molecule has 0 bridgehead atoms. The highest BCUT2D eigenvalue weighted by atomic mass is 32.2. The molecule has 0 aliphatic carbocycles. The molecule has 4 rings (SSSR count). The minimum Gasteiger partial charge on any atom is -0.493 e. The molecule has 0 radical (unpaired) electrons. The Labute approximate surface area is 184 Å². The summed E-state index contributed by atoms with van der Waals surface area (Å²) in [7, 11) is 6.18. The average molecular weight is 445 g/mol. The lowest BCUT2D eigenvalue weighted by Gasteiger charge is -2.22. The number of thioether (sulfide) groups is 1. The second-order valence-electron chi connectivity index (χ2n) is 7.09. The summed E-state index contributed by atoms with van der Waals surface area (Å²) in [6, 6.07) is 8.57. The maximum Gasteiger partial charge on any atom is 0.260 e.